The Kier molecular flexibility index (Phi) is 8.39. The van der Waals surface area contributed by atoms with Gasteiger partial charge in [0.2, 0.25) is 5.16 Å². The number of hydrogen-bond donors (Lipinski definition) is 2. The van der Waals surface area contributed by atoms with Crippen LogP contribution in [-0.4, -0.2) is 49.2 Å². The van der Waals surface area contributed by atoms with Gasteiger partial charge < -0.3 is 15.2 Å². The monoisotopic (exact) mass is 489 g/mol. The van der Waals surface area contributed by atoms with E-state index in [1.807, 2.05) is 25.1 Å². The lowest BCUT2D eigenvalue weighted by Crippen LogP contribution is -2.44. The lowest BCUT2D eigenvalue weighted by molar-refractivity contribution is -0.139. The van der Waals surface area contributed by atoms with Crippen molar-refractivity contribution in [3.63, 3.8) is 0 Å². The highest BCUT2D eigenvalue weighted by atomic mass is 35.5. The Labute approximate surface area is 198 Å². The first-order valence-corrected chi connectivity index (χ1v) is 10.9. The average molecular weight is 490 g/mol. The number of Topliss-reactive ketones (excluding diaryl/α,β-unsaturated/α-hetero) is 1. The number of amides is 1. The van der Waals surface area contributed by atoms with Crippen LogP contribution in [0.15, 0.2) is 58.6 Å². The Hall–Kier alpha value is -3.44. The molecule has 1 amide bonds. The van der Waals surface area contributed by atoms with Gasteiger partial charge in [-0.25, -0.2) is 9.48 Å². The SMILES string of the molecule is Cc1cccc(Cl)c1Sc1nnnn1CC(=O)C(CC(=O)O)NC(=O)OCc1ccccc1. The van der Waals surface area contributed by atoms with Gasteiger partial charge in [0.15, 0.2) is 5.78 Å². The Balaban J connectivity index is 1.66. The lowest BCUT2D eigenvalue weighted by Gasteiger charge is -2.16. The van der Waals surface area contributed by atoms with Crippen LogP contribution in [0.25, 0.3) is 0 Å². The van der Waals surface area contributed by atoms with Crippen molar-refractivity contribution < 1.29 is 24.2 Å². The zero-order valence-corrected chi connectivity index (χ0v) is 19.0. The fourth-order valence-corrected chi connectivity index (χ4v) is 3.99. The molecule has 0 spiro atoms. The molecule has 3 aromatic rings. The summed E-state index contributed by atoms with van der Waals surface area (Å²) in [7, 11) is 0. The summed E-state index contributed by atoms with van der Waals surface area (Å²) in [5, 5.41) is 23.6. The highest BCUT2D eigenvalue weighted by molar-refractivity contribution is 7.99. The molecule has 1 aromatic heterocycles. The lowest BCUT2D eigenvalue weighted by atomic mass is 10.1. The molecule has 0 bridgehead atoms. The number of ketones is 1. The Morgan fingerprint density at radius 1 is 1.18 bits per heavy atom. The molecular formula is C21H20ClN5O5S. The van der Waals surface area contributed by atoms with Crippen molar-refractivity contribution in [3.8, 4) is 0 Å². The molecule has 2 N–H and O–H groups in total. The van der Waals surface area contributed by atoms with E-state index >= 15 is 0 Å². The topological polar surface area (TPSA) is 136 Å². The first-order valence-electron chi connectivity index (χ1n) is 9.74. The number of aliphatic carboxylic acids is 1. The molecule has 3 rings (SSSR count). The van der Waals surface area contributed by atoms with E-state index in [1.54, 1.807) is 30.3 Å². The van der Waals surface area contributed by atoms with E-state index in [2.05, 4.69) is 20.8 Å². The van der Waals surface area contributed by atoms with Gasteiger partial charge in [0, 0.05) is 4.90 Å². The molecule has 1 atom stereocenters. The van der Waals surface area contributed by atoms with Crippen molar-refractivity contribution >= 4 is 41.2 Å². The molecule has 0 saturated carbocycles. The van der Waals surface area contributed by atoms with Crippen LogP contribution in [0.2, 0.25) is 5.02 Å². The van der Waals surface area contributed by atoms with E-state index in [0.29, 0.717) is 10.2 Å². The predicted molar refractivity (Wildman–Crippen MR) is 119 cm³/mol. The molecule has 1 unspecified atom stereocenters. The van der Waals surface area contributed by atoms with Crippen molar-refractivity contribution in [2.45, 2.75) is 42.6 Å². The first kappa shape index (κ1) is 24.2. The number of aryl methyl sites for hydroxylation is 1. The second-order valence-electron chi connectivity index (χ2n) is 6.93. The van der Waals surface area contributed by atoms with E-state index in [0.717, 1.165) is 16.0 Å². The largest absolute Gasteiger partial charge is 0.481 e. The van der Waals surface area contributed by atoms with Crippen LogP contribution in [0.1, 0.15) is 17.5 Å². The molecule has 2 aromatic carbocycles. The molecule has 10 nitrogen and oxygen atoms in total. The molecule has 0 aliphatic heterocycles. The maximum absolute atomic E-state index is 12.8. The number of rotatable bonds is 10. The van der Waals surface area contributed by atoms with Crippen molar-refractivity contribution in [1.29, 1.82) is 0 Å². The molecule has 0 fully saturated rings. The third-order valence-electron chi connectivity index (χ3n) is 4.43. The summed E-state index contributed by atoms with van der Waals surface area (Å²) in [5.74, 6) is -1.85. The second kappa shape index (κ2) is 11.4. The Bertz CT molecular complexity index is 1120. The van der Waals surface area contributed by atoms with E-state index < -0.39 is 30.3 Å². The fourth-order valence-electron chi connectivity index (χ4n) is 2.79. The van der Waals surface area contributed by atoms with E-state index in [-0.39, 0.29) is 13.2 Å². The number of nitrogens with one attached hydrogen (secondary N) is 1. The van der Waals surface area contributed by atoms with Crippen LogP contribution in [0.3, 0.4) is 0 Å². The zero-order chi connectivity index (χ0) is 23.8. The highest BCUT2D eigenvalue weighted by Crippen LogP contribution is 2.34. The van der Waals surface area contributed by atoms with Gasteiger partial charge >= 0.3 is 12.1 Å². The molecule has 0 aliphatic carbocycles. The highest BCUT2D eigenvalue weighted by Gasteiger charge is 2.26. The minimum absolute atomic E-state index is 0.0222. The molecule has 172 valence electrons. The number of halogens is 1. The third-order valence-corrected chi connectivity index (χ3v) is 6.08. The van der Waals surface area contributed by atoms with Crippen LogP contribution in [-0.2, 0) is 27.5 Å². The molecule has 12 heteroatoms. The quantitative estimate of drug-likeness (QED) is 0.440. The Morgan fingerprint density at radius 3 is 2.64 bits per heavy atom. The standard InChI is InChI=1S/C21H20ClN5O5S/c1-13-6-5-9-15(22)19(13)33-20-24-25-26-27(20)11-17(28)16(10-18(29)30)23-21(31)32-12-14-7-3-2-4-8-14/h2-9,16H,10-12H2,1H3,(H,23,31)(H,29,30). The van der Waals surface area contributed by atoms with E-state index in [9.17, 15) is 19.5 Å². The van der Waals surface area contributed by atoms with Gasteiger partial charge in [-0.05, 0) is 46.3 Å². The Morgan fingerprint density at radius 2 is 1.94 bits per heavy atom. The number of hydrogen-bond acceptors (Lipinski definition) is 8. The summed E-state index contributed by atoms with van der Waals surface area (Å²) < 4.78 is 6.32. The number of ether oxygens (including phenoxy) is 1. The molecule has 33 heavy (non-hydrogen) atoms. The van der Waals surface area contributed by atoms with Crippen LogP contribution < -0.4 is 5.32 Å². The molecule has 1 heterocycles. The summed E-state index contributed by atoms with van der Waals surface area (Å²) in [6, 6.07) is 13.0. The summed E-state index contributed by atoms with van der Waals surface area (Å²) in [5.41, 5.74) is 1.65. The number of alkyl carbamates (subject to hydrolysis) is 1. The summed E-state index contributed by atoms with van der Waals surface area (Å²) in [6.07, 6.45) is -1.52. The van der Waals surface area contributed by atoms with Gasteiger partial charge in [0.25, 0.3) is 0 Å². The van der Waals surface area contributed by atoms with Crippen molar-refractivity contribution in [2.75, 3.05) is 0 Å². The van der Waals surface area contributed by atoms with Gasteiger partial charge in [-0.3, -0.25) is 9.59 Å². The number of benzene rings is 2. The maximum atomic E-state index is 12.8. The molecule has 0 saturated heterocycles. The molecule has 0 radical (unpaired) electrons. The fraction of sp³-hybridized carbons (Fsp3) is 0.238. The predicted octanol–water partition coefficient (Wildman–Crippen LogP) is 3.12. The van der Waals surface area contributed by atoms with Crippen LogP contribution in [0.4, 0.5) is 4.79 Å². The van der Waals surface area contributed by atoms with E-state index in [4.69, 9.17) is 16.3 Å². The minimum atomic E-state index is -1.32. The van der Waals surface area contributed by atoms with Crippen LogP contribution in [0.5, 0.6) is 0 Å². The van der Waals surface area contributed by atoms with Crippen LogP contribution >= 0.6 is 23.4 Å². The van der Waals surface area contributed by atoms with Gasteiger partial charge in [-0.1, -0.05) is 54.1 Å². The van der Waals surface area contributed by atoms with Crippen LogP contribution in [0, 0.1) is 6.92 Å². The van der Waals surface area contributed by atoms with Gasteiger partial charge in [-0.2, -0.15) is 0 Å². The first-order chi connectivity index (χ1) is 15.8. The summed E-state index contributed by atoms with van der Waals surface area (Å²) in [6.45, 7) is 1.50. The number of carbonyl (C=O) groups is 3. The van der Waals surface area contributed by atoms with E-state index in [1.165, 1.54) is 16.4 Å². The number of nitrogens with zero attached hydrogens (tertiary/aromatic N) is 4. The molecule has 0 aliphatic rings. The third kappa shape index (κ3) is 7.02. The van der Waals surface area contributed by atoms with Crippen molar-refractivity contribution in [3.05, 3.63) is 64.7 Å². The number of carboxylic acid groups (broad SMARTS) is 1. The van der Waals surface area contributed by atoms with Gasteiger partial charge in [0.05, 0.1) is 11.4 Å². The van der Waals surface area contributed by atoms with Crippen molar-refractivity contribution in [2.24, 2.45) is 0 Å². The summed E-state index contributed by atoms with van der Waals surface area (Å²) >= 11 is 7.43. The minimum Gasteiger partial charge on any atom is -0.481 e. The number of carbonyl (C=O) groups excluding carboxylic acids is 2. The normalized spacial score (nSPS) is 11.6. The van der Waals surface area contributed by atoms with Crippen molar-refractivity contribution in [1.82, 2.24) is 25.5 Å². The molecular weight excluding hydrogens is 470 g/mol. The second-order valence-corrected chi connectivity index (χ2v) is 8.31. The number of carboxylic acids is 1. The average Bonchev–Trinajstić information content (AvgIpc) is 3.21. The smallest absolute Gasteiger partial charge is 0.408 e. The maximum Gasteiger partial charge on any atom is 0.408 e. The summed E-state index contributed by atoms with van der Waals surface area (Å²) in [4.78, 5) is 36.9. The number of tetrazole rings is 1. The zero-order valence-electron chi connectivity index (χ0n) is 17.5. The number of aromatic nitrogens is 4. The van der Waals surface area contributed by atoms with Gasteiger partial charge in [-0.15, -0.1) is 5.10 Å². The van der Waals surface area contributed by atoms with Gasteiger partial charge in [0.1, 0.15) is 19.2 Å².